The number of hydrogen-bond acceptors (Lipinski definition) is 4. The van der Waals surface area contributed by atoms with E-state index in [0.717, 1.165) is 0 Å². The van der Waals surface area contributed by atoms with Crippen molar-refractivity contribution in [3.05, 3.63) is 0 Å². The molecule has 0 rings (SSSR count). The van der Waals surface area contributed by atoms with Crippen molar-refractivity contribution in [2.75, 3.05) is 40.4 Å². The molecule has 0 aromatic rings. The monoisotopic (exact) mass is 260 g/mol. The standard InChI is InChI=1S/C12H24N2O4/c1-12(2,3)18-9-11(17)14(5)7-6-13(4)10(16)8-15/h15H,6-9H2,1-5H3. The number of carbonyl (C=O) groups excluding carboxylic acids is 2. The van der Waals surface area contributed by atoms with Gasteiger partial charge in [-0.3, -0.25) is 9.59 Å². The van der Waals surface area contributed by atoms with E-state index in [1.54, 1.807) is 14.1 Å². The van der Waals surface area contributed by atoms with Gasteiger partial charge in [0.25, 0.3) is 0 Å². The maximum absolute atomic E-state index is 11.7. The fourth-order valence-corrected chi connectivity index (χ4v) is 1.06. The van der Waals surface area contributed by atoms with Crippen LogP contribution in [0.4, 0.5) is 0 Å². The van der Waals surface area contributed by atoms with Crippen molar-refractivity contribution in [1.82, 2.24) is 9.80 Å². The first-order valence-electron chi connectivity index (χ1n) is 5.90. The molecular weight excluding hydrogens is 236 g/mol. The molecular formula is C12H24N2O4. The summed E-state index contributed by atoms with van der Waals surface area (Å²) in [5, 5.41) is 8.66. The summed E-state index contributed by atoms with van der Waals surface area (Å²) in [5.41, 5.74) is -0.347. The van der Waals surface area contributed by atoms with Crippen LogP contribution in [0.3, 0.4) is 0 Å². The van der Waals surface area contributed by atoms with Crippen molar-refractivity contribution >= 4 is 11.8 Å². The number of carbonyl (C=O) groups is 2. The zero-order valence-corrected chi connectivity index (χ0v) is 11.9. The molecule has 0 aliphatic rings. The maximum Gasteiger partial charge on any atom is 0.248 e. The highest BCUT2D eigenvalue weighted by molar-refractivity contribution is 5.78. The molecule has 6 nitrogen and oxygen atoms in total. The van der Waals surface area contributed by atoms with Gasteiger partial charge in [-0.2, -0.15) is 0 Å². The van der Waals surface area contributed by atoms with Crippen LogP contribution >= 0.6 is 0 Å². The van der Waals surface area contributed by atoms with Crippen LogP contribution in [-0.4, -0.2) is 72.7 Å². The van der Waals surface area contributed by atoms with Gasteiger partial charge in [0.1, 0.15) is 13.2 Å². The molecule has 0 bridgehead atoms. The van der Waals surface area contributed by atoms with Crippen molar-refractivity contribution in [3.8, 4) is 0 Å². The molecule has 0 saturated carbocycles. The fraction of sp³-hybridized carbons (Fsp3) is 0.833. The Kier molecular flexibility index (Phi) is 6.86. The van der Waals surface area contributed by atoms with Crippen LogP contribution in [0.5, 0.6) is 0 Å². The minimum Gasteiger partial charge on any atom is -0.387 e. The Bertz CT molecular complexity index is 286. The van der Waals surface area contributed by atoms with E-state index in [9.17, 15) is 9.59 Å². The molecule has 18 heavy (non-hydrogen) atoms. The highest BCUT2D eigenvalue weighted by atomic mass is 16.5. The lowest BCUT2D eigenvalue weighted by molar-refractivity contribution is -0.141. The average molecular weight is 260 g/mol. The molecule has 6 heteroatoms. The molecule has 2 amide bonds. The Morgan fingerprint density at radius 3 is 1.89 bits per heavy atom. The number of ether oxygens (including phenoxy) is 1. The Hall–Kier alpha value is -1.14. The van der Waals surface area contributed by atoms with Crippen LogP contribution in [-0.2, 0) is 14.3 Å². The number of aliphatic hydroxyl groups excluding tert-OH is 1. The number of likely N-dealkylation sites (N-methyl/N-ethyl adjacent to an activating group) is 2. The third kappa shape index (κ3) is 7.24. The van der Waals surface area contributed by atoms with E-state index >= 15 is 0 Å². The Labute approximate surface area is 109 Å². The lowest BCUT2D eigenvalue weighted by atomic mass is 10.2. The third-order valence-corrected chi connectivity index (χ3v) is 2.39. The first-order chi connectivity index (χ1) is 8.17. The van der Waals surface area contributed by atoms with E-state index in [1.807, 2.05) is 20.8 Å². The summed E-state index contributed by atoms with van der Waals surface area (Å²) in [6.07, 6.45) is 0. The zero-order valence-electron chi connectivity index (χ0n) is 11.9. The van der Waals surface area contributed by atoms with Gasteiger partial charge in [0.05, 0.1) is 5.60 Å². The van der Waals surface area contributed by atoms with Gasteiger partial charge in [-0.25, -0.2) is 0 Å². The van der Waals surface area contributed by atoms with Crippen LogP contribution in [0.25, 0.3) is 0 Å². The Morgan fingerprint density at radius 2 is 1.50 bits per heavy atom. The van der Waals surface area contributed by atoms with Crippen LogP contribution in [0.1, 0.15) is 20.8 Å². The summed E-state index contributed by atoms with van der Waals surface area (Å²) in [5.74, 6) is -0.489. The molecule has 0 unspecified atom stereocenters. The van der Waals surface area contributed by atoms with Crippen LogP contribution in [0, 0.1) is 0 Å². The first-order valence-corrected chi connectivity index (χ1v) is 5.90. The second kappa shape index (κ2) is 7.33. The number of hydrogen-bond donors (Lipinski definition) is 1. The summed E-state index contributed by atoms with van der Waals surface area (Å²) < 4.78 is 5.38. The van der Waals surface area contributed by atoms with E-state index in [4.69, 9.17) is 9.84 Å². The van der Waals surface area contributed by atoms with E-state index in [0.29, 0.717) is 13.1 Å². The summed E-state index contributed by atoms with van der Waals surface area (Å²) in [6.45, 7) is 5.96. The molecule has 0 atom stereocenters. The topological polar surface area (TPSA) is 70.1 Å². The minimum absolute atomic E-state index is 0.0255. The highest BCUT2D eigenvalue weighted by Crippen LogP contribution is 2.06. The fourth-order valence-electron chi connectivity index (χ4n) is 1.06. The predicted octanol–water partition coefficient (Wildman–Crippen LogP) is -0.289. The first kappa shape index (κ1) is 16.9. The summed E-state index contributed by atoms with van der Waals surface area (Å²) in [4.78, 5) is 25.7. The largest absolute Gasteiger partial charge is 0.387 e. The summed E-state index contributed by atoms with van der Waals surface area (Å²) in [6, 6.07) is 0. The molecule has 106 valence electrons. The van der Waals surface area contributed by atoms with Gasteiger partial charge in [-0.1, -0.05) is 0 Å². The third-order valence-electron chi connectivity index (χ3n) is 2.39. The van der Waals surface area contributed by atoms with E-state index in [-0.39, 0.29) is 24.0 Å². The Balaban J connectivity index is 3.98. The molecule has 0 fully saturated rings. The molecule has 0 aliphatic heterocycles. The predicted molar refractivity (Wildman–Crippen MR) is 68.1 cm³/mol. The lowest BCUT2D eigenvalue weighted by Crippen LogP contribution is -2.40. The van der Waals surface area contributed by atoms with Crippen molar-refractivity contribution < 1.29 is 19.4 Å². The van der Waals surface area contributed by atoms with Gasteiger partial charge in [-0.05, 0) is 20.8 Å². The molecule has 0 aromatic heterocycles. The van der Waals surface area contributed by atoms with E-state index in [2.05, 4.69) is 0 Å². The van der Waals surface area contributed by atoms with Gasteiger partial charge in [-0.15, -0.1) is 0 Å². The number of aliphatic hydroxyl groups is 1. The van der Waals surface area contributed by atoms with E-state index < -0.39 is 6.61 Å². The number of nitrogens with zero attached hydrogens (tertiary/aromatic N) is 2. The van der Waals surface area contributed by atoms with Gasteiger partial charge >= 0.3 is 0 Å². The van der Waals surface area contributed by atoms with Gasteiger partial charge in [0.15, 0.2) is 0 Å². The highest BCUT2D eigenvalue weighted by Gasteiger charge is 2.16. The normalized spacial score (nSPS) is 11.2. The van der Waals surface area contributed by atoms with Gasteiger partial charge < -0.3 is 19.6 Å². The smallest absolute Gasteiger partial charge is 0.248 e. The van der Waals surface area contributed by atoms with Crippen molar-refractivity contribution in [2.24, 2.45) is 0 Å². The average Bonchev–Trinajstić information content (AvgIpc) is 2.30. The maximum atomic E-state index is 11.7. The molecule has 0 radical (unpaired) electrons. The molecule has 0 spiro atoms. The molecule has 0 aromatic carbocycles. The summed E-state index contributed by atoms with van der Waals surface area (Å²) in [7, 11) is 3.24. The molecule has 1 N–H and O–H groups in total. The SMILES string of the molecule is CN(CCN(C)C(=O)COC(C)(C)C)C(=O)CO. The zero-order chi connectivity index (χ0) is 14.3. The second-order valence-electron chi connectivity index (χ2n) is 5.19. The number of amides is 2. The quantitative estimate of drug-likeness (QED) is 0.712. The molecule has 0 saturated heterocycles. The number of rotatable bonds is 6. The van der Waals surface area contributed by atoms with Crippen molar-refractivity contribution in [1.29, 1.82) is 0 Å². The van der Waals surface area contributed by atoms with E-state index in [1.165, 1.54) is 9.80 Å². The summed E-state index contributed by atoms with van der Waals surface area (Å²) >= 11 is 0. The molecule has 0 aliphatic carbocycles. The van der Waals surface area contributed by atoms with Crippen molar-refractivity contribution in [2.45, 2.75) is 26.4 Å². The van der Waals surface area contributed by atoms with Crippen LogP contribution < -0.4 is 0 Å². The van der Waals surface area contributed by atoms with Crippen LogP contribution in [0.2, 0.25) is 0 Å². The van der Waals surface area contributed by atoms with Gasteiger partial charge in [0.2, 0.25) is 11.8 Å². The van der Waals surface area contributed by atoms with Gasteiger partial charge in [0, 0.05) is 27.2 Å². The lowest BCUT2D eigenvalue weighted by Gasteiger charge is -2.24. The van der Waals surface area contributed by atoms with Crippen LogP contribution in [0.15, 0.2) is 0 Å². The minimum atomic E-state index is -0.513. The Morgan fingerprint density at radius 1 is 1.06 bits per heavy atom. The van der Waals surface area contributed by atoms with Crippen molar-refractivity contribution in [3.63, 3.8) is 0 Å². The molecule has 0 heterocycles. The second-order valence-corrected chi connectivity index (χ2v) is 5.19.